The van der Waals surface area contributed by atoms with Crippen LogP contribution in [0.3, 0.4) is 0 Å². The zero-order valence-electron chi connectivity index (χ0n) is 14.3. The Kier molecular flexibility index (Phi) is 10.4. The van der Waals surface area contributed by atoms with Crippen LogP contribution in [0.25, 0.3) is 0 Å². The molecule has 0 unspecified atom stereocenters. The number of aromatic nitrogens is 1. The number of halogens is 1. The average molecular weight is 447 g/mol. The molecule has 0 bridgehead atoms. The first kappa shape index (κ1) is 21.5. The van der Waals surface area contributed by atoms with E-state index in [2.05, 4.69) is 51.4 Å². The number of amidine groups is 1. The molecule has 3 heterocycles. The van der Waals surface area contributed by atoms with Gasteiger partial charge in [0.25, 0.3) is 0 Å². The van der Waals surface area contributed by atoms with Crippen LogP contribution in [0.2, 0.25) is 0 Å². The van der Waals surface area contributed by atoms with Crippen molar-refractivity contribution in [1.82, 2.24) is 14.8 Å². The molecule has 0 radical (unpaired) electrons. The van der Waals surface area contributed by atoms with E-state index in [0.717, 1.165) is 51.6 Å². The first-order chi connectivity index (χ1) is 12.8. The maximum absolute atomic E-state index is 5.36. The monoisotopic (exact) mass is 446 g/mol. The van der Waals surface area contributed by atoms with Gasteiger partial charge in [-0.1, -0.05) is 6.07 Å². The molecule has 0 aliphatic carbocycles. The summed E-state index contributed by atoms with van der Waals surface area (Å²) in [6.07, 6.45) is 3.52. The number of rotatable bonds is 4. The molecule has 0 spiro atoms. The Morgan fingerprint density at radius 2 is 1.81 bits per heavy atom. The van der Waals surface area contributed by atoms with Gasteiger partial charge in [-0.3, -0.25) is 9.88 Å². The van der Waals surface area contributed by atoms with E-state index >= 15 is 0 Å². The van der Waals surface area contributed by atoms with E-state index in [1.807, 2.05) is 17.2 Å². The second-order valence-electron chi connectivity index (χ2n) is 5.71. The molecule has 0 saturated carbocycles. The van der Waals surface area contributed by atoms with E-state index < -0.39 is 0 Å². The van der Waals surface area contributed by atoms with Crippen LogP contribution in [-0.4, -0.2) is 78.8 Å². The van der Waals surface area contributed by atoms with Crippen molar-refractivity contribution in [2.24, 2.45) is 10.2 Å². The predicted molar refractivity (Wildman–Crippen MR) is 101 cm³/mol. The standard InChI is InChI=1S/C16H23N5O2S.ClH.Cu/c24-16(21-5-9-23-10-6-21)19-18-12-15-2-1-14(11-17-15)13-20-3-7-22-8-4-20;;/h1-2,11-12H,3-10,13H2,(H,19,24);1H;/q;;+2/p-2/b18-12+;;. The summed E-state index contributed by atoms with van der Waals surface area (Å²) in [5.41, 5.74) is 1.96. The van der Waals surface area contributed by atoms with Gasteiger partial charge in [0, 0.05) is 44.1 Å². The minimum Gasteiger partial charge on any atom is -0.741 e. The van der Waals surface area contributed by atoms with Gasteiger partial charge in [0.05, 0.1) is 38.3 Å². The first-order valence-corrected chi connectivity index (χ1v) is 9.99. The smallest absolute Gasteiger partial charge is 0.0831 e. The van der Waals surface area contributed by atoms with Crippen LogP contribution >= 0.6 is 10.1 Å². The largest absolute Gasteiger partial charge is 0.741 e. The number of ether oxygens (including phenoxy) is 2. The predicted octanol–water partition coefficient (Wildman–Crippen LogP) is 1.17. The molecule has 2 aliphatic rings. The molecule has 2 aliphatic heterocycles. The van der Waals surface area contributed by atoms with Crippen molar-refractivity contribution in [3.8, 4) is 0 Å². The number of pyridine rings is 1. The van der Waals surface area contributed by atoms with E-state index in [1.165, 1.54) is 5.56 Å². The van der Waals surface area contributed by atoms with Crippen molar-refractivity contribution in [3.05, 3.63) is 29.6 Å². The number of morpholine rings is 2. The fourth-order valence-electron chi connectivity index (χ4n) is 2.58. The first-order valence-electron chi connectivity index (χ1n) is 8.28. The van der Waals surface area contributed by atoms with Crippen LogP contribution in [0.5, 0.6) is 0 Å². The third-order valence-corrected chi connectivity index (χ3v) is 4.31. The maximum atomic E-state index is 5.36. The van der Waals surface area contributed by atoms with Crippen molar-refractivity contribution in [2.75, 3.05) is 52.6 Å². The second-order valence-corrected chi connectivity index (χ2v) is 6.07. The molecule has 10 heteroatoms. The Morgan fingerprint density at radius 3 is 2.42 bits per heavy atom. The fraction of sp³-hybridized carbons (Fsp3) is 0.562. The molecule has 3 rings (SSSR count). The Hall–Kier alpha value is -0.801. The van der Waals surface area contributed by atoms with Crippen LogP contribution in [0.1, 0.15) is 11.3 Å². The third kappa shape index (κ3) is 7.44. The minimum absolute atomic E-state index is 0.499. The van der Waals surface area contributed by atoms with E-state index in [4.69, 9.17) is 22.1 Å². The fourth-order valence-corrected chi connectivity index (χ4v) is 2.81. The van der Waals surface area contributed by atoms with Crippen LogP contribution in [0.4, 0.5) is 0 Å². The van der Waals surface area contributed by atoms with Gasteiger partial charge in [0.15, 0.2) is 0 Å². The molecule has 147 valence electrons. The van der Waals surface area contributed by atoms with Gasteiger partial charge < -0.3 is 27.0 Å². The normalized spacial score (nSPS) is 19.3. The van der Waals surface area contributed by atoms with Crippen molar-refractivity contribution in [3.63, 3.8) is 0 Å². The van der Waals surface area contributed by atoms with Gasteiger partial charge in [0.1, 0.15) is 0 Å². The van der Waals surface area contributed by atoms with Gasteiger partial charge >= 0.3 is 25.2 Å². The molecular weight excluding hydrogens is 425 g/mol. The summed E-state index contributed by atoms with van der Waals surface area (Å²) in [5.74, 6) is 0. The average Bonchev–Trinajstić information content (AvgIpc) is 2.72. The molecule has 0 aromatic carbocycles. The molecule has 0 N–H and O–H groups in total. The second kappa shape index (κ2) is 12.6. The third-order valence-electron chi connectivity index (χ3n) is 3.97. The van der Waals surface area contributed by atoms with Crippen LogP contribution in [0, 0.1) is 0 Å². The number of hydrogen-bond donors (Lipinski definition) is 0. The molecule has 2 fully saturated rings. The van der Waals surface area contributed by atoms with Crippen LogP contribution in [-0.2, 0) is 43.7 Å². The molecule has 1 aromatic heterocycles. The Labute approximate surface area is 172 Å². The van der Waals surface area contributed by atoms with Crippen LogP contribution < -0.4 is 0 Å². The quantitative estimate of drug-likeness (QED) is 0.227. The molecule has 7 nitrogen and oxygen atoms in total. The number of hydrogen-bond acceptors (Lipinski definition) is 7. The van der Waals surface area contributed by atoms with Crippen LogP contribution in [0.15, 0.2) is 28.5 Å². The van der Waals surface area contributed by atoms with E-state index in [-0.39, 0.29) is 0 Å². The summed E-state index contributed by atoms with van der Waals surface area (Å²) in [6, 6.07) is 4.02. The molecule has 0 atom stereocenters. The van der Waals surface area contributed by atoms with Crippen molar-refractivity contribution >= 4 is 34.1 Å². The maximum Gasteiger partial charge on any atom is 0.0831 e. The molecular formula is C16H22ClCuN5O2S. The molecule has 2 saturated heterocycles. The SMILES string of the molecule is [Cl][Cu+].[S-]/C(=N\N=C\c1ccc(CN2CCOCC2)cn1)N1CCOCC1. The zero-order valence-corrected chi connectivity index (χ0v) is 16.8. The summed E-state index contributed by atoms with van der Waals surface area (Å²) < 4.78 is 10.6. The van der Waals surface area contributed by atoms with Gasteiger partial charge in [-0.25, -0.2) is 0 Å². The van der Waals surface area contributed by atoms with Crippen molar-refractivity contribution < 1.29 is 24.6 Å². The topological polar surface area (TPSA) is 62.5 Å². The summed E-state index contributed by atoms with van der Waals surface area (Å²) in [6.45, 7) is 7.38. The van der Waals surface area contributed by atoms with Gasteiger partial charge in [-0.15, -0.1) is 0 Å². The van der Waals surface area contributed by atoms with Crippen molar-refractivity contribution in [1.29, 1.82) is 0 Å². The summed E-state index contributed by atoms with van der Waals surface area (Å²) in [5, 5.41) is 8.62. The van der Waals surface area contributed by atoms with Gasteiger partial charge in [-0.2, -0.15) is 10.2 Å². The Bertz CT molecular complexity index is 579. The van der Waals surface area contributed by atoms with E-state index in [9.17, 15) is 0 Å². The number of nitrogens with zero attached hydrogens (tertiary/aromatic N) is 5. The van der Waals surface area contributed by atoms with Gasteiger partial charge in [-0.05, 0) is 11.6 Å². The summed E-state index contributed by atoms with van der Waals surface area (Å²) in [4.78, 5) is 8.77. The molecule has 0 amide bonds. The van der Waals surface area contributed by atoms with E-state index in [1.54, 1.807) is 6.21 Å². The minimum atomic E-state index is 0.499. The zero-order chi connectivity index (χ0) is 18.6. The summed E-state index contributed by atoms with van der Waals surface area (Å²) in [7, 11) is 4.20. The molecule has 1 aromatic rings. The van der Waals surface area contributed by atoms with Gasteiger partial charge in [0.2, 0.25) is 0 Å². The Balaban J connectivity index is 0.00000117. The molecule has 26 heavy (non-hydrogen) atoms. The van der Waals surface area contributed by atoms with Crippen molar-refractivity contribution in [2.45, 2.75) is 6.54 Å². The Morgan fingerprint density at radius 1 is 1.15 bits per heavy atom. The van der Waals surface area contributed by atoms with E-state index in [0.29, 0.717) is 18.4 Å². The summed E-state index contributed by atoms with van der Waals surface area (Å²) >= 11 is 8.91.